The fraction of sp³-hybridized carbons (Fsp3) is 0.143. The minimum absolute atomic E-state index is 0.345. The summed E-state index contributed by atoms with van der Waals surface area (Å²) < 4.78 is 0. The van der Waals surface area contributed by atoms with Gasteiger partial charge in [-0.2, -0.15) is 0 Å². The molecule has 0 radical (unpaired) electrons. The van der Waals surface area contributed by atoms with Crippen LogP contribution in [0.25, 0.3) is 0 Å². The Morgan fingerprint density at radius 1 is 0.586 bits per heavy atom. The van der Waals surface area contributed by atoms with Gasteiger partial charge in [-0.05, 0) is 39.8 Å². The minimum Gasteiger partial charge on any atom is -0.296 e. The van der Waals surface area contributed by atoms with Crippen LogP contribution in [-0.2, 0) is 12.0 Å². The molecule has 0 spiro atoms. The van der Waals surface area contributed by atoms with E-state index in [1.807, 2.05) is 0 Å². The molecule has 0 bridgehead atoms. The second kappa shape index (κ2) is 6.43. The summed E-state index contributed by atoms with van der Waals surface area (Å²) in [6, 6.07) is 40.3. The van der Waals surface area contributed by atoms with Crippen molar-refractivity contribution < 1.29 is 0 Å². The summed E-state index contributed by atoms with van der Waals surface area (Å²) in [5, 5.41) is 4.16. The van der Waals surface area contributed by atoms with Gasteiger partial charge in [-0.25, -0.2) is 0 Å². The third-order valence-electron chi connectivity index (χ3n) is 6.75. The first-order valence-electron chi connectivity index (χ1n) is 10.4. The third kappa shape index (κ3) is 2.38. The van der Waals surface area contributed by atoms with Crippen molar-refractivity contribution >= 4 is 0 Å². The zero-order valence-electron chi connectivity index (χ0n) is 16.3. The van der Waals surface area contributed by atoms with Gasteiger partial charge in [0.25, 0.3) is 0 Å². The zero-order valence-corrected chi connectivity index (χ0v) is 16.3. The van der Waals surface area contributed by atoms with Crippen LogP contribution in [-0.4, -0.2) is 6.04 Å². The van der Waals surface area contributed by atoms with Gasteiger partial charge in [0.1, 0.15) is 0 Å². The Morgan fingerprint density at radius 2 is 1.14 bits per heavy atom. The van der Waals surface area contributed by atoms with E-state index < -0.39 is 0 Å². The van der Waals surface area contributed by atoms with E-state index in [4.69, 9.17) is 0 Å². The summed E-state index contributed by atoms with van der Waals surface area (Å²) in [5.74, 6) is 0.406. The van der Waals surface area contributed by atoms with Crippen LogP contribution >= 0.6 is 0 Å². The van der Waals surface area contributed by atoms with E-state index in [1.54, 1.807) is 0 Å². The lowest BCUT2D eigenvalue weighted by Crippen LogP contribution is -2.55. The monoisotopic (exact) mass is 373 g/mol. The fourth-order valence-electron chi connectivity index (χ4n) is 5.60. The topological polar surface area (TPSA) is 12.0 Å². The second-order valence-corrected chi connectivity index (χ2v) is 8.20. The van der Waals surface area contributed by atoms with E-state index in [0.29, 0.717) is 12.0 Å². The summed E-state index contributed by atoms with van der Waals surface area (Å²) in [7, 11) is 0. The molecule has 1 nitrogen and oxygen atoms in total. The molecule has 0 aromatic heterocycles. The van der Waals surface area contributed by atoms with Crippen LogP contribution in [0.15, 0.2) is 109 Å². The van der Waals surface area contributed by atoms with Crippen molar-refractivity contribution in [2.75, 3.05) is 0 Å². The Balaban J connectivity index is 1.66. The Kier molecular flexibility index (Phi) is 3.72. The van der Waals surface area contributed by atoms with Crippen LogP contribution in [0.2, 0.25) is 0 Å². The van der Waals surface area contributed by atoms with E-state index in [2.05, 4.69) is 115 Å². The van der Waals surface area contributed by atoms with Gasteiger partial charge in [-0.15, -0.1) is 0 Å². The van der Waals surface area contributed by atoms with Crippen LogP contribution in [0.5, 0.6) is 0 Å². The Bertz CT molecular complexity index is 1120. The largest absolute Gasteiger partial charge is 0.296 e. The average Bonchev–Trinajstić information content (AvgIpc) is 3.18. The molecule has 1 heteroatoms. The Labute approximate surface area is 172 Å². The summed E-state index contributed by atoms with van der Waals surface area (Å²) in [6.45, 7) is 0. The maximum atomic E-state index is 4.16. The quantitative estimate of drug-likeness (QED) is 0.480. The molecular formula is C28H23N. The van der Waals surface area contributed by atoms with Crippen molar-refractivity contribution in [2.24, 2.45) is 0 Å². The third-order valence-corrected chi connectivity index (χ3v) is 6.75. The van der Waals surface area contributed by atoms with Crippen molar-refractivity contribution in [3.8, 4) is 0 Å². The molecule has 4 aromatic carbocycles. The lowest BCUT2D eigenvalue weighted by molar-refractivity contribution is 0.348. The highest BCUT2D eigenvalue weighted by atomic mass is 15.0. The van der Waals surface area contributed by atoms with Gasteiger partial charge in [-0.3, -0.25) is 5.32 Å². The van der Waals surface area contributed by atoms with Gasteiger partial charge in [-0.1, -0.05) is 109 Å². The molecule has 29 heavy (non-hydrogen) atoms. The molecule has 1 aliphatic carbocycles. The van der Waals surface area contributed by atoms with Crippen molar-refractivity contribution in [1.29, 1.82) is 0 Å². The smallest absolute Gasteiger partial charge is 0.0953 e. The molecule has 2 aliphatic rings. The number of benzene rings is 4. The standard InChI is InChI=1S/C28H23N/c1-3-12-21(13-4-1)28(22-14-5-2-6-15-22)25-18-10-9-17-24(25)27-23-16-8-7-11-20(23)19-26(27)29-28/h1-18,26-27,29H,19H2/t26-,27-/m0/s1. The summed E-state index contributed by atoms with van der Waals surface area (Å²) in [6.07, 6.45) is 1.07. The maximum Gasteiger partial charge on any atom is 0.0953 e. The molecule has 140 valence electrons. The molecule has 0 fully saturated rings. The molecule has 1 N–H and O–H groups in total. The highest BCUT2D eigenvalue weighted by Crippen LogP contribution is 2.50. The lowest BCUT2D eigenvalue weighted by Gasteiger charge is -2.46. The molecule has 0 unspecified atom stereocenters. The van der Waals surface area contributed by atoms with Gasteiger partial charge in [0, 0.05) is 12.0 Å². The highest BCUT2D eigenvalue weighted by molar-refractivity contribution is 5.59. The molecule has 0 saturated carbocycles. The van der Waals surface area contributed by atoms with E-state index in [0.717, 1.165) is 6.42 Å². The van der Waals surface area contributed by atoms with Gasteiger partial charge in [0.15, 0.2) is 0 Å². The minimum atomic E-state index is -0.345. The number of fused-ring (bicyclic) bond motifs is 5. The van der Waals surface area contributed by atoms with Crippen LogP contribution in [0.1, 0.15) is 39.3 Å². The van der Waals surface area contributed by atoms with E-state index in [9.17, 15) is 0 Å². The first-order valence-corrected chi connectivity index (χ1v) is 10.4. The Hall–Kier alpha value is -3.16. The predicted octanol–water partition coefficient (Wildman–Crippen LogP) is 5.64. The molecule has 1 aliphatic heterocycles. The predicted molar refractivity (Wildman–Crippen MR) is 118 cm³/mol. The van der Waals surface area contributed by atoms with Crippen LogP contribution in [0, 0.1) is 0 Å². The lowest BCUT2D eigenvalue weighted by atomic mass is 9.68. The molecule has 4 aromatic rings. The Morgan fingerprint density at radius 3 is 1.83 bits per heavy atom. The number of nitrogens with one attached hydrogen (secondary N) is 1. The molecule has 1 heterocycles. The summed E-state index contributed by atoms with van der Waals surface area (Å²) in [4.78, 5) is 0. The second-order valence-electron chi connectivity index (χ2n) is 8.20. The van der Waals surface area contributed by atoms with Gasteiger partial charge < -0.3 is 0 Å². The molecular weight excluding hydrogens is 350 g/mol. The summed E-state index contributed by atoms with van der Waals surface area (Å²) in [5.41, 5.74) is 8.03. The van der Waals surface area contributed by atoms with Gasteiger partial charge in [0.05, 0.1) is 5.54 Å². The van der Waals surface area contributed by atoms with Crippen molar-refractivity contribution in [3.05, 3.63) is 143 Å². The highest BCUT2D eigenvalue weighted by Gasteiger charge is 2.49. The van der Waals surface area contributed by atoms with E-state index >= 15 is 0 Å². The van der Waals surface area contributed by atoms with Crippen molar-refractivity contribution in [3.63, 3.8) is 0 Å². The normalized spacial score (nSPS) is 21.1. The number of hydrogen-bond donors (Lipinski definition) is 1. The summed E-state index contributed by atoms with van der Waals surface area (Å²) >= 11 is 0. The molecule has 2 atom stereocenters. The van der Waals surface area contributed by atoms with Crippen molar-refractivity contribution in [2.45, 2.75) is 23.9 Å². The first kappa shape index (κ1) is 16.8. The van der Waals surface area contributed by atoms with E-state index in [-0.39, 0.29) is 5.54 Å². The van der Waals surface area contributed by atoms with Crippen molar-refractivity contribution in [1.82, 2.24) is 5.32 Å². The SMILES string of the molecule is c1ccc(C2(c3ccccc3)N[C@H]3Cc4ccccc4[C@H]3c3ccccc32)cc1. The zero-order chi connectivity index (χ0) is 19.3. The van der Waals surface area contributed by atoms with Gasteiger partial charge >= 0.3 is 0 Å². The van der Waals surface area contributed by atoms with Gasteiger partial charge in [0.2, 0.25) is 0 Å². The molecule has 0 saturated heterocycles. The fourth-order valence-corrected chi connectivity index (χ4v) is 5.60. The van der Waals surface area contributed by atoms with E-state index in [1.165, 1.54) is 33.4 Å². The van der Waals surface area contributed by atoms with Crippen LogP contribution in [0.4, 0.5) is 0 Å². The average molecular weight is 373 g/mol. The van der Waals surface area contributed by atoms with Crippen LogP contribution in [0.3, 0.4) is 0 Å². The number of rotatable bonds is 2. The maximum absolute atomic E-state index is 4.16. The molecule has 6 rings (SSSR count). The molecule has 0 amide bonds. The first-order chi connectivity index (χ1) is 14.4. The van der Waals surface area contributed by atoms with Crippen LogP contribution < -0.4 is 5.32 Å². The number of hydrogen-bond acceptors (Lipinski definition) is 1.